The van der Waals surface area contributed by atoms with Crippen LogP contribution in [0.5, 0.6) is 5.75 Å². The smallest absolute Gasteiger partial charge is 0.265 e. The van der Waals surface area contributed by atoms with Crippen LogP contribution in [0.25, 0.3) is 0 Å². The molecule has 0 saturated carbocycles. The number of aryl methyl sites for hydroxylation is 2. The number of nitrogens with one attached hydrogen (secondary N) is 2. The Hall–Kier alpha value is -3.46. The van der Waals surface area contributed by atoms with E-state index in [2.05, 4.69) is 20.0 Å². The van der Waals surface area contributed by atoms with Crippen molar-refractivity contribution in [2.45, 2.75) is 38.2 Å². The number of anilines is 2. The number of carbonyl (C=O) groups is 1. The summed E-state index contributed by atoms with van der Waals surface area (Å²) in [7, 11) is -3.85. The third-order valence-corrected chi connectivity index (χ3v) is 5.82. The molecule has 1 unspecified atom stereocenters. The van der Waals surface area contributed by atoms with Gasteiger partial charge in [0.2, 0.25) is 5.95 Å². The zero-order valence-electron chi connectivity index (χ0n) is 17.5. The molecule has 1 heterocycles. The fourth-order valence-corrected chi connectivity index (χ4v) is 3.74. The van der Waals surface area contributed by atoms with E-state index in [1.807, 2.05) is 31.2 Å². The molecule has 8 nitrogen and oxygen atoms in total. The van der Waals surface area contributed by atoms with Gasteiger partial charge in [0.25, 0.3) is 15.9 Å². The molecule has 162 valence electrons. The van der Waals surface area contributed by atoms with Crippen molar-refractivity contribution in [3.63, 3.8) is 0 Å². The summed E-state index contributed by atoms with van der Waals surface area (Å²) >= 11 is 0. The van der Waals surface area contributed by atoms with Crippen molar-refractivity contribution >= 4 is 27.6 Å². The number of hydrogen-bond acceptors (Lipinski definition) is 6. The Morgan fingerprint density at radius 3 is 2.48 bits per heavy atom. The van der Waals surface area contributed by atoms with Gasteiger partial charge in [0.05, 0.1) is 4.90 Å². The second-order valence-electron chi connectivity index (χ2n) is 6.86. The molecule has 9 heteroatoms. The van der Waals surface area contributed by atoms with Gasteiger partial charge in [-0.15, -0.1) is 0 Å². The molecule has 1 amide bonds. The summed E-state index contributed by atoms with van der Waals surface area (Å²) in [6.07, 6.45) is 1.54. The molecule has 3 rings (SSSR count). The van der Waals surface area contributed by atoms with Crippen molar-refractivity contribution in [2.75, 3.05) is 10.0 Å². The monoisotopic (exact) mass is 440 g/mol. The van der Waals surface area contributed by atoms with Crippen LogP contribution in [-0.2, 0) is 21.2 Å². The first-order chi connectivity index (χ1) is 14.8. The van der Waals surface area contributed by atoms with E-state index in [0.29, 0.717) is 17.1 Å². The highest BCUT2D eigenvalue weighted by molar-refractivity contribution is 7.92. The normalized spacial score (nSPS) is 12.1. The zero-order chi connectivity index (χ0) is 22.4. The lowest BCUT2D eigenvalue weighted by atomic mass is 10.1. The van der Waals surface area contributed by atoms with Crippen molar-refractivity contribution in [3.8, 4) is 5.75 Å². The number of sulfonamides is 1. The van der Waals surface area contributed by atoms with Crippen molar-refractivity contribution in [3.05, 3.63) is 72.1 Å². The van der Waals surface area contributed by atoms with Gasteiger partial charge in [-0.1, -0.05) is 25.1 Å². The highest BCUT2D eigenvalue weighted by Crippen LogP contribution is 2.21. The highest BCUT2D eigenvalue weighted by atomic mass is 32.2. The van der Waals surface area contributed by atoms with E-state index < -0.39 is 16.1 Å². The summed E-state index contributed by atoms with van der Waals surface area (Å²) in [6.45, 7) is 5.41. The summed E-state index contributed by atoms with van der Waals surface area (Å²) in [5.41, 5.74) is 2.11. The van der Waals surface area contributed by atoms with Crippen LogP contribution in [0.2, 0.25) is 0 Å². The Balaban J connectivity index is 1.65. The molecule has 0 radical (unpaired) electrons. The average Bonchev–Trinajstić information content (AvgIpc) is 2.74. The number of rotatable bonds is 8. The van der Waals surface area contributed by atoms with Gasteiger partial charge in [0.1, 0.15) is 5.75 Å². The zero-order valence-corrected chi connectivity index (χ0v) is 18.3. The minimum absolute atomic E-state index is 0.00397. The van der Waals surface area contributed by atoms with Gasteiger partial charge in [-0.05, 0) is 62.2 Å². The van der Waals surface area contributed by atoms with Gasteiger partial charge < -0.3 is 10.1 Å². The van der Waals surface area contributed by atoms with Crippen LogP contribution in [0.4, 0.5) is 11.6 Å². The summed E-state index contributed by atoms with van der Waals surface area (Å²) in [4.78, 5) is 20.4. The van der Waals surface area contributed by atoms with Crippen LogP contribution in [0.3, 0.4) is 0 Å². The average molecular weight is 441 g/mol. The quantitative estimate of drug-likeness (QED) is 0.554. The maximum absolute atomic E-state index is 12.5. The number of aromatic nitrogens is 2. The topological polar surface area (TPSA) is 110 Å². The fraction of sp³-hybridized carbons (Fsp3) is 0.227. The van der Waals surface area contributed by atoms with E-state index in [4.69, 9.17) is 4.74 Å². The molecule has 0 aliphatic rings. The van der Waals surface area contributed by atoms with Crippen LogP contribution >= 0.6 is 0 Å². The Bertz CT molecular complexity index is 1160. The van der Waals surface area contributed by atoms with E-state index in [0.717, 1.165) is 12.0 Å². The Morgan fingerprint density at radius 1 is 1.10 bits per heavy atom. The Morgan fingerprint density at radius 2 is 1.81 bits per heavy atom. The summed E-state index contributed by atoms with van der Waals surface area (Å²) in [5, 5.41) is 2.73. The first kappa shape index (κ1) is 22.2. The number of ether oxygens (including phenoxy) is 1. The van der Waals surface area contributed by atoms with Gasteiger partial charge in [0, 0.05) is 17.6 Å². The Labute approximate surface area is 181 Å². The molecule has 2 N–H and O–H groups in total. The number of benzene rings is 2. The molecule has 0 fully saturated rings. The summed E-state index contributed by atoms with van der Waals surface area (Å²) in [6, 6.07) is 15.0. The minimum atomic E-state index is -3.85. The van der Waals surface area contributed by atoms with E-state index in [9.17, 15) is 13.2 Å². The van der Waals surface area contributed by atoms with Crippen molar-refractivity contribution in [2.24, 2.45) is 0 Å². The SMILES string of the molecule is CCc1ccccc1OC(C)C(=O)Nc1ccc(S(=O)(=O)Nc2nccc(C)n2)cc1. The van der Waals surface area contributed by atoms with Crippen LogP contribution in [0, 0.1) is 6.92 Å². The lowest BCUT2D eigenvalue weighted by molar-refractivity contribution is -0.122. The highest BCUT2D eigenvalue weighted by Gasteiger charge is 2.18. The molecule has 31 heavy (non-hydrogen) atoms. The number of carbonyl (C=O) groups excluding carboxylic acids is 1. The number of amides is 1. The predicted octanol–water partition coefficient (Wildman–Crippen LogP) is 3.55. The standard InChI is InChI=1S/C22H24N4O4S/c1-4-17-7-5-6-8-20(17)30-16(3)21(27)25-18-9-11-19(12-10-18)31(28,29)26-22-23-14-13-15(2)24-22/h5-14,16H,4H2,1-3H3,(H,25,27)(H,23,24,26). The first-order valence-electron chi connectivity index (χ1n) is 9.76. The molecule has 0 aliphatic carbocycles. The third-order valence-electron chi connectivity index (χ3n) is 4.48. The lowest BCUT2D eigenvalue weighted by Gasteiger charge is -2.17. The maximum atomic E-state index is 12.5. The Kier molecular flexibility index (Phi) is 6.86. The molecule has 2 aromatic carbocycles. The molecule has 0 aliphatic heterocycles. The van der Waals surface area contributed by atoms with Crippen molar-refractivity contribution in [1.29, 1.82) is 0 Å². The van der Waals surface area contributed by atoms with E-state index in [1.54, 1.807) is 19.9 Å². The van der Waals surface area contributed by atoms with Crippen molar-refractivity contribution < 1.29 is 17.9 Å². The molecular weight excluding hydrogens is 416 g/mol. The second-order valence-corrected chi connectivity index (χ2v) is 8.54. The van der Waals surface area contributed by atoms with Gasteiger partial charge in [0.15, 0.2) is 6.10 Å². The van der Waals surface area contributed by atoms with Gasteiger partial charge >= 0.3 is 0 Å². The van der Waals surface area contributed by atoms with Gasteiger partial charge in [-0.25, -0.2) is 23.1 Å². The second kappa shape index (κ2) is 9.57. The van der Waals surface area contributed by atoms with E-state index in [1.165, 1.54) is 30.5 Å². The van der Waals surface area contributed by atoms with Crippen molar-refractivity contribution in [1.82, 2.24) is 9.97 Å². The van der Waals surface area contributed by atoms with Crippen LogP contribution in [0.15, 0.2) is 65.7 Å². The van der Waals surface area contributed by atoms with E-state index >= 15 is 0 Å². The molecule has 0 bridgehead atoms. The summed E-state index contributed by atoms with van der Waals surface area (Å²) in [5.74, 6) is 0.321. The maximum Gasteiger partial charge on any atom is 0.265 e. The minimum Gasteiger partial charge on any atom is -0.481 e. The molecule has 1 aromatic heterocycles. The van der Waals surface area contributed by atoms with Crippen LogP contribution in [0.1, 0.15) is 25.1 Å². The van der Waals surface area contributed by atoms with E-state index in [-0.39, 0.29) is 16.8 Å². The molecular formula is C22H24N4O4S. The molecule has 0 saturated heterocycles. The van der Waals surface area contributed by atoms with Crippen LogP contribution in [-0.4, -0.2) is 30.4 Å². The predicted molar refractivity (Wildman–Crippen MR) is 119 cm³/mol. The number of para-hydroxylation sites is 1. The molecule has 1 atom stereocenters. The number of nitrogens with zero attached hydrogens (tertiary/aromatic N) is 2. The van der Waals surface area contributed by atoms with Crippen LogP contribution < -0.4 is 14.8 Å². The van der Waals surface area contributed by atoms with Gasteiger partial charge in [-0.3, -0.25) is 4.79 Å². The lowest BCUT2D eigenvalue weighted by Crippen LogP contribution is -2.30. The third kappa shape index (κ3) is 5.79. The fourth-order valence-electron chi connectivity index (χ4n) is 2.79. The number of hydrogen-bond donors (Lipinski definition) is 2. The van der Waals surface area contributed by atoms with Gasteiger partial charge in [-0.2, -0.15) is 0 Å². The molecule has 3 aromatic rings. The largest absolute Gasteiger partial charge is 0.481 e. The molecule has 0 spiro atoms. The first-order valence-corrected chi connectivity index (χ1v) is 11.2. The summed E-state index contributed by atoms with van der Waals surface area (Å²) < 4.78 is 33.2.